The summed E-state index contributed by atoms with van der Waals surface area (Å²) in [5.41, 5.74) is 6.39. The van der Waals surface area contributed by atoms with Crippen LogP contribution in [-0.2, 0) is 17.9 Å². The summed E-state index contributed by atoms with van der Waals surface area (Å²) in [6.07, 6.45) is 0. The highest BCUT2D eigenvalue weighted by molar-refractivity contribution is 8.19. The molecule has 0 radical (unpaired) electrons. The topological polar surface area (TPSA) is 65.0 Å². The molecule has 0 aromatic heterocycles. The Balaban J connectivity index is 1.48. The standard InChI is InChI=1S/C37H34N4O2S2/c1-4-38-31-21-20-30(25(2)42)22-32(31)39-37-41(24-28-16-10-6-11-17-28)35(43)34(45-37)36-40(23-27-14-8-5-9-15-27)33(26(3)44-36)29-18-12-7-13-19-29/h5-22,38H,4,23-24H2,1-3H3/b36-34-,39-37?. The second kappa shape index (κ2) is 13.6. The van der Waals surface area contributed by atoms with Crippen LogP contribution in [0.25, 0.3) is 5.70 Å². The highest BCUT2D eigenvalue weighted by atomic mass is 32.2. The van der Waals surface area contributed by atoms with Crippen LogP contribution in [0.15, 0.2) is 129 Å². The molecular formula is C37H34N4O2S2. The predicted octanol–water partition coefficient (Wildman–Crippen LogP) is 8.89. The number of carbonyl (C=O) groups is 2. The summed E-state index contributed by atoms with van der Waals surface area (Å²) in [7, 11) is 0. The molecule has 0 saturated carbocycles. The van der Waals surface area contributed by atoms with Crippen molar-refractivity contribution in [2.75, 3.05) is 11.9 Å². The molecule has 0 unspecified atom stereocenters. The number of amides is 1. The maximum absolute atomic E-state index is 14.5. The lowest BCUT2D eigenvalue weighted by Gasteiger charge is -2.25. The van der Waals surface area contributed by atoms with Crippen LogP contribution in [0.1, 0.15) is 47.8 Å². The SMILES string of the molecule is CCNc1ccc(C(C)=O)cc1N=C1S/C(=C2\SC(C)=C(c3ccccc3)N2Cc2ccccc2)C(=O)N1Cc1ccccc1. The molecule has 0 aliphatic carbocycles. The number of hydrogen-bond acceptors (Lipinski definition) is 7. The number of ketones is 1. The molecule has 6 nitrogen and oxygen atoms in total. The van der Waals surface area contributed by atoms with E-state index in [9.17, 15) is 9.59 Å². The maximum atomic E-state index is 14.5. The van der Waals surface area contributed by atoms with Gasteiger partial charge < -0.3 is 10.2 Å². The molecule has 1 fully saturated rings. The van der Waals surface area contributed by atoms with E-state index < -0.39 is 0 Å². The van der Waals surface area contributed by atoms with E-state index in [1.807, 2.05) is 85.8 Å². The zero-order valence-electron chi connectivity index (χ0n) is 25.5. The van der Waals surface area contributed by atoms with Crippen LogP contribution in [-0.4, -0.2) is 33.2 Å². The van der Waals surface area contributed by atoms with E-state index >= 15 is 0 Å². The van der Waals surface area contributed by atoms with Gasteiger partial charge in [0.15, 0.2) is 11.0 Å². The van der Waals surface area contributed by atoms with Gasteiger partial charge in [-0.15, -0.1) is 0 Å². The Morgan fingerprint density at radius 2 is 1.40 bits per heavy atom. The molecule has 1 saturated heterocycles. The highest BCUT2D eigenvalue weighted by Gasteiger charge is 2.40. The first-order chi connectivity index (χ1) is 21.9. The van der Waals surface area contributed by atoms with Crippen LogP contribution in [0.4, 0.5) is 11.4 Å². The Morgan fingerprint density at radius 1 is 0.800 bits per heavy atom. The molecule has 4 aromatic rings. The Hall–Kier alpha value is -4.53. The number of nitrogens with zero attached hydrogens (tertiary/aromatic N) is 3. The summed E-state index contributed by atoms with van der Waals surface area (Å²) in [5.74, 6) is -0.120. The summed E-state index contributed by atoms with van der Waals surface area (Å²) in [6, 6.07) is 36.2. The summed E-state index contributed by atoms with van der Waals surface area (Å²) in [5, 5.41) is 4.84. The molecule has 4 aromatic carbocycles. The van der Waals surface area contributed by atoms with E-state index in [1.165, 1.54) is 11.8 Å². The van der Waals surface area contributed by atoms with Crippen LogP contribution >= 0.6 is 23.5 Å². The third-order valence-electron chi connectivity index (χ3n) is 7.56. The molecule has 2 aliphatic rings. The molecule has 0 bridgehead atoms. The van der Waals surface area contributed by atoms with Crippen molar-refractivity contribution >= 4 is 57.5 Å². The molecule has 0 atom stereocenters. The van der Waals surface area contributed by atoms with Gasteiger partial charge in [-0.2, -0.15) is 0 Å². The number of rotatable bonds is 9. The van der Waals surface area contributed by atoms with Crippen molar-refractivity contribution in [3.05, 3.63) is 146 Å². The zero-order chi connectivity index (χ0) is 31.3. The fraction of sp³-hybridized carbons (Fsp3) is 0.162. The number of hydrogen-bond donors (Lipinski definition) is 1. The molecule has 2 heterocycles. The zero-order valence-corrected chi connectivity index (χ0v) is 27.1. The van der Waals surface area contributed by atoms with Gasteiger partial charge in [0.1, 0.15) is 9.93 Å². The predicted molar refractivity (Wildman–Crippen MR) is 188 cm³/mol. The van der Waals surface area contributed by atoms with Crippen molar-refractivity contribution in [2.45, 2.75) is 33.9 Å². The average Bonchev–Trinajstić information content (AvgIpc) is 3.54. The fourth-order valence-electron chi connectivity index (χ4n) is 5.39. The monoisotopic (exact) mass is 630 g/mol. The summed E-state index contributed by atoms with van der Waals surface area (Å²) < 4.78 is 0. The van der Waals surface area contributed by atoms with Gasteiger partial charge in [0.05, 0.1) is 23.6 Å². The van der Waals surface area contributed by atoms with Crippen molar-refractivity contribution in [1.29, 1.82) is 0 Å². The van der Waals surface area contributed by atoms with Gasteiger partial charge >= 0.3 is 0 Å². The molecule has 8 heteroatoms. The second-order valence-electron chi connectivity index (χ2n) is 10.8. The second-order valence-corrected chi connectivity index (χ2v) is 13.0. The smallest absolute Gasteiger partial charge is 0.269 e. The normalized spacial score (nSPS) is 17.5. The van der Waals surface area contributed by atoms with Gasteiger partial charge in [-0.3, -0.25) is 14.5 Å². The van der Waals surface area contributed by atoms with Crippen molar-refractivity contribution < 1.29 is 9.59 Å². The minimum Gasteiger partial charge on any atom is -0.384 e. The lowest BCUT2D eigenvalue weighted by molar-refractivity contribution is -0.122. The molecule has 6 rings (SSSR count). The molecule has 226 valence electrons. The number of anilines is 1. The van der Waals surface area contributed by atoms with Gasteiger partial charge in [0.25, 0.3) is 5.91 Å². The van der Waals surface area contributed by atoms with Crippen molar-refractivity contribution in [1.82, 2.24) is 9.80 Å². The number of allylic oxidation sites excluding steroid dienone is 1. The number of Topliss-reactive ketones (excluding diaryl/α,β-unsaturated/α-hetero) is 1. The van der Waals surface area contributed by atoms with Crippen molar-refractivity contribution in [2.24, 2.45) is 4.99 Å². The summed E-state index contributed by atoms with van der Waals surface area (Å²) >= 11 is 3.03. The fourth-order valence-corrected chi connectivity index (χ4v) is 7.68. The number of thioether (sulfide) groups is 2. The number of nitrogens with one attached hydrogen (secondary N) is 1. The van der Waals surface area contributed by atoms with Gasteiger partial charge in [0, 0.05) is 23.6 Å². The highest BCUT2D eigenvalue weighted by Crippen LogP contribution is 2.51. The first kappa shape index (κ1) is 30.5. The summed E-state index contributed by atoms with van der Waals surface area (Å²) in [4.78, 5) is 37.6. The Bertz CT molecular complexity index is 1820. The van der Waals surface area contributed by atoms with E-state index in [0.717, 1.165) is 38.0 Å². The number of amidine groups is 1. The lowest BCUT2D eigenvalue weighted by atomic mass is 10.1. The average molecular weight is 631 g/mol. The maximum Gasteiger partial charge on any atom is 0.269 e. The Kier molecular flexibility index (Phi) is 9.23. The Labute approximate surface area is 272 Å². The van der Waals surface area contributed by atoms with Crippen LogP contribution in [0.3, 0.4) is 0 Å². The van der Waals surface area contributed by atoms with Crippen LogP contribution in [0, 0.1) is 0 Å². The summed E-state index contributed by atoms with van der Waals surface area (Å²) in [6.45, 7) is 7.40. The first-order valence-electron chi connectivity index (χ1n) is 14.9. The van der Waals surface area contributed by atoms with Gasteiger partial charge in [0.2, 0.25) is 0 Å². The van der Waals surface area contributed by atoms with E-state index in [0.29, 0.717) is 41.0 Å². The third-order valence-corrected chi connectivity index (χ3v) is 9.87. The van der Waals surface area contributed by atoms with Crippen LogP contribution < -0.4 is 5.32 Å². The van der Waals surface area contributed by atoms with E-state index in [1.54, 1.807) is 29.7 Å². The number of aliphatic imine (C=N–C) groups is 1. The molecule has 45 heavy (non-hydrogen) atoms. The first-order valence-corrected chi connectivity index (χ1v) is 16.6. The van der Waals surface area contributed by atoms with Gasteiger partial charge in [-0.1, -0.05) is 103 Å². The van der Waals surface area contributed by atoms with E-state index in [2.05, 4.69) is 41.4 Å². The van der Waals surface area contributed by atoms with Gasteiger partial charge in [-0.25, -0.2) is 4.99 Å². The van der Waals surface area contributed by atoms with E-state index in [-0.39, 0.29) is 11.7 Å². The van der Waals surface area contributed by atoms with Crippen molar-refractivity contribution in [3.63, 3.8) is 0 Å². The van der Waals surface area contributed by atoms with Crippen LogP contribution in [0.2, 0.25) is 0 Å². The molecule has 0 spiro atoms. The molecule has 1 N–H and O–H groups in total. The number of benzene rings is 4. The number of carbonyl (C=O) groups excluding carboxylic acids is 2. The molecular weight excluding hydrogens is 597 g/mol. The van der Waals surface area contributed by atoms with Crippen LogP contribution in [0.5, 0.6) is 0 Å². The lowest BCUT2D eigenvalue weighted by Crippen LogP contribution is -2.29. The minimum atomic E-state index is -0.0852. The largest absolute Gasteiger partial charge is 0.384 e. The van der Waals surface area contributed by atoms with Gasteiger partial charge in [-0.05, 0) is 67.4 Å². The van der Waals surface area contributed by atoms with Crippen molar-refractivity contribution in [3.8, 4) is 0 Å². The molecule has 2 aliphatic heterocycles. The molecule has 1 amide bonds. The third kappa shape index (κ3) is 6.62. The minimum absolute atomic E-state index is 0.0347. The quantitative estimate of drug-likeness (QED) is 0.147. The van der Waals surface area contributed by atoms with E-state index in [4.69, 9.17) is 4.99 Å². The Morgan fingerprint density at radius 3 is 2.00 bits per heavy atom.